The molecule has 7 heteroatoms. The van der Waals surface area contributed by atoms with Crippen LogP contribution in [0.4, 0.5) is 0 Å². The highest BCUT2D eigenvalue weighted by atomic mass is 16.3. The summed E-state index contributed by atoms with van der Waals surface area (Å²) >= 11 is 0. The van der Waals surface area contributed by atoms with Crippen molar-refractivity contribution in [3.8, 4) is 51.3 Å². The van der Waals surface area contributed by atoms with Crippen LogP contribution >= 0.6 is 0 Å². The molecule has 0 aliphatic rings. The Morgan fingerprint density at radius 2 is 1.02 bits per heavy atom. The van der Waals surface area contributed by atoms with Crippen LogP contribution in [-0.4, -0.2) is 24.5 Å². The molecule has 0 atom stereocenters. The maximum Gasteiger partial charge on any atom is 0.229 e. The highest BCUT2D eigenvalue weighted by Gasteiger charge is 2.22. The monoisotopic (exact) mass is 681 g/mol. The van der Waals surface area contributed by atoms with Gasteiger partial charge in [0.05, 0.1) is 22.3 Å². The molecule has 0 amide bonds. The maximum atomic E-state index is 6.49. The van der Waals surface area contributed by atoms with Gasteiger partial charge in [0.2, 0.25) is 5.89 Å². The Morgan fingerprint density at radius 1 is 0.396 bits per heavy atom. The van der Waals surface area contributed by atoms with E-state index in [1.54, 1.807) is 0 Å². The number of benzene rings is 7. The van der Waals surface area contributed by atoms with Crippen molar-refractivity contribution in [2.24, 2.45) is 0 Å². The molecule has 7 nitrogen and oxygen atoms in total. The second-order valence-corrected chi connectivity index (χ2v) is 13.0. The first kappa shape index (κ1) is 29.4. The van der Waals surface area contributed by atoms with Crippen LogP contribution < -0.4 is 0 Å². The summed E-state index contributed by atoms with van der Waals surface area (Å²) < 4.78 is 15.0. The summed E-state index contributed by atoms with van der Waals surface area (Å²) in [5.41, 5.74) is 9.60. The Balaban J connectivity index is 1.18. The number of hydrogen-bond donors (Lipinski definition) is 0. The second kappa shape index (κ2) is 11.6. The van der Waals surface area contributed by atoms with Gasteiger partial charge in [-0.25, -0.2) is 19.9 Å². The van der Waals surface area contributed by atoms with Crippen molar-refractivity contribution in [3.63, 3.8) is 0 Å². The van der Waals surface area contributed by atoms with E-state index in [2.05, 4.69) is 77.4 Å². The van der Waals surface area contributed by atoms with Gasteiger partial charge in [-0.2, -0.15) is 0 Å². The van der Waals surface area contributed by atoms with E-state index in [-0.39, 0.29) is 0 Å². The van der Waals surface area contributed by atoms with Gasteiger partial charge in [-0.1, -0.05) is 109 Å². The molecular formula is C46H27N5O2. The molecule has 0 aliphatic heterocycles. The molecule has 0 spiro atoms. The van der Waals surface area contributed by atoms with Crippen molar-refractivity contribution < 1.29 is 8.83 Å². The highest BCUT2D eigenvalue weighted by molar-refractivity contribution is 6.12. The van der Waals surface area contributed by atoms with Gasteiger partial charge < -0.3 is 13.4 Å². The average molecular weight is 682 g/mol. The molecule has 0 saturated carbocycles. The quantitative estimate of drug-likeness (QED) is 0.180. The van der Waals surface area contributed by atoms with Gasteiger partial charge in [0, 0.05) is 38.2 Å². The summed E-state index contributed by atoms with van der Waals surface area (Å²) in [6.07, 6.45) is 0. The Labute approximate surface area is 302 Å². The summed E-state index contributed by atoms with van der Waals surface area (Å²) in [5.74, 6) is 2.17. The fourth-order valence-electron chi connectivity index (χ4n) is 7.51. The number of para-hydroxylation sites is 5. The van der Waals surface area contributed by atoms with Gasteiger partial charge in [0.1, 0.15) is 16.7 Å². The van der Waals surface area contributed by atoms with Crippen LogP contribution in [0.2, 0.25) is 0 Å². The first-order valence-corrected chi connectivity index (χ1v) is 17.5. The van der Waals surface area contributed by atoms with E-state index < -0.39 is 0 Å². The summed E-state index contributed by atoms with van der Waals surface area (Å²) in [7, 11) is 0. The van der Waals surface area contributed by atoms with E-state index in [1.807, 2.05) is 91.0 Å². The van der Waals surface area contributed by atoms with Gasteiger partial charge in [-0.3, -0.25) is 0 Å². The van der Waals surface area contributed by atoms with Gasteiger partial charge in [0.15, 0.2) is 23.1 Å². The smallest absolute Gasteiger partial charge is 0.229 e. The van der Waals surface area contributed by atoms with Crippen LogP contribution in [0, 0.1) is 0 Å². The standard InChI is InChI=1S/C46H27N5O2/c1-2-13-28(14-3-1)43-48-44(50-45(49-43)33-18-12-24-41-42(33)32-17-6-10-22-39(32)52-41)29-25-26-38(34(27-29)46-47-35-19-7-11-23-40(35)53-46)51-36-20-8-4-15-30(36)31-16-5-9-21-37(31)51/h1-27H. The SMILES string of the molecule is c1ccc(-c2nc(-c3ccc(-n4c5ccccc5c5ccccc54)c(-c4nc5ccccc5o4)c3)nc(-c3cccc4oc5ccccc5c34)n2)cc1. The first-order valence-electron chi connectivity index (χ1n) is 17.5. The summed E-state index contributed by atoms with van der Waals surface area (Å²) in [5, 5.41) is 4.32. The Hall–Kier alpha value is -7.38. The third-order valence-corrected chi connectivity index (χ3v) is 9.91. The number of fused-ring (bicyclic) bond motifs is 7. The Bertz CT molecular complexity index is 3110. The van der Waals surface area contributed by atoms with Crippen molar-refractivity contribution in [2.75, 3.05) is 0 Å². The van der Waals surface area contributed by atoms with E-state index in [9.17, 15) is 0 Å². The predicted molar refractivity (Wildman–Crippen MR) is 211 cm³/mol. The molecule has 0 bridgehead atoms. The molecule has 53 heavy (non-hydrogen) atoms. The third kappa shape index (κ3) is 4.68. The van der Waals surface area contributed by atoms with Crippen LogP contribution in [0.15, 0.2) is 173 Å². The van der Waals surface area contributed by atoms with Gasteiger partial charge in [-0.05, 0) is 54.6 Å². The molecule has 7 aromatic carbocycles. The topological polar surface area (TPSA) is 82.8 Å². The number of rotatable bonds is 5. The van der Waals surface area contributed by atoms with E-state index in [1.165, 1.54) is 10.8 Å². The number of furan rings is 1. The second-order valence-electron chi connectivity index (χ2n) is 13.0. The minimum atomic E-state index is 0.511. The van der Waals surface area contributed by atoms with Crippen LogP contribution in [0.25, 0.3) is 106 Å². The van der Waals surface area contributed by atoms with Crippen molar-refractivity contribution in [1.29, 1.82) is 0 Å². The van der Waals surface area contributed by atoms with Crippen molar-refractivity contribution in [3.05, 3.63) is 164 Å². The van der Waals surface area contributed by atoms with E-state index in [0.717, 1.165) is 72.0 Å². The van der Waals surface area contributed by atoms with Gasteiger partial charge in [-0.15, -0.1) is 0 Å². The molecule has 0 unspecified atom stereocenters. The minimum absolute atomic E-state index is 0.511. The van der Waals surface area contributed by atoms with Gasteiger partial charge >= 0.3 is 0 Å². The fraction of sp³-hybridized carbons (Fsp3) is 0. The van der Waals surface area contributed by atoms with Crippen LogP contribution in [0.3, 0.4) is 0 Å². The maximum absolute atomic E-state index is 6.49. The van der Waals surface area contributed by atoms with E-state index in [0.29, 0.717) is 23.4 Å². The lowest BCUT2D eigenvalue weighted by Crippen LogP contribution is -2.02. The highest BCUT2D eigenvalue weighted by Crippen LogP contribution is 2.40. The zero-order chi connectivity index (χ0) is 34.9. The normalized spacial score (nSPS) is 11.8. The van der Waals surface area contributed by atoms with Crippen molar-refractivity contribution >= 4 is 54.8 Å². The molecule has 0 saturated heterocycles. The minimum Gasteiger partial charge on any atom is -0.456 e. The number of oxazole rings is 1. The summed E-state index contributed by atoms with van der Waals surface area (Å²) in [6.45, 7) is 0. The summed E-state index contributed by atoms with van der Waals surface area (Å²) in [6, 6.07) is 55.2. The summed E-state index contributed by atoms with van der Waals surface area (Å²) in [4.78, 5) is 20.3. The van der Waals surface area contributed by atoms with Crippen molar-refractivity contribution in [1.82, 2.24) is 24.5 Å². The molecular weight excluding hydrogens is 655 g/mol. The molecule has 11 rings (SSSR count). The molecule has 4 aromatic heterocycles. The molecule has 0 fully saturated rings. The molecule has 0 N–H and O–H groups in total. The largest absolute Gasteiger partial charge is 0.456 e. The molecule has 4 heterocycles. The lowest BCUT2D eigenvalue weighted by Gasteiger charge is -2.14. The Kier molecular flexibility index (Phi) is 6.42. The molecule has 11 aromatic rings. The molecule has 248 valence electrons. The fourth-order valence-corrected chi connectivity index (χ4v) is 7.51. The first-order chi connectivity index (χ1) is 26.3. The lowest BCUT2D eigenvalue weighted by atomic mass is 10.0. The van der Waals surface area contributed by atoms with Crippen molar-refractivity contribution in [2.45, 2.75) is 0 Å². The zero-order valence-corrected chi connectivity index (χ0v) is 28.1. The third-order valence-electron chi connectivity index (χ3n) is 9.91. The Morgan fingerprint density at radius 3 is 1.79 bits per heavy atom. The predicted octanol–water partition coefficient (Wildman–Crippen LogP) is 11.7. The number of hydrogen-bond acceptors (Lipinski definition) is 6. The molecule has 0 radical (unpaired) electrons. The van der Waals surface area contributed by atoms with Crippen LogP contribution in [0.1, 0.15) is 0 Å². The average Bonchev–Trinajstić information content (AvgIpc) is 3.93. The lowest BCUT2D eigenvalue weighted by molar-refractivity contribution is 0.619. The van der Waals surface area contributed by atoms with Crippen LogP contribution in [-0.2, 0) is 0 Å². The van der Waals surface area contributed by atoms with Crippen LogP contribution in [0.5, 0.6) is 0 Å². The number of nitrogens with zero attached hydrogens (tertiary/aromatic N) is 5. The van der Waals surface area contributed by atoms with E-state index in [4.69, 9.17) is 28.8 Å². The van der Waals surface area contributed by atoms with Gasteiger partial charge in [0.25, 0.3) is 0 Å². The van der Waals surface area contributed by atoms with E-state index >= 15 is 0 Å². The molecule has 0 aliphatic carbocycles. The number of aromatic nitrogens is 5. The zero-order valence-electron chi connectivity index (χ0n) is 28.1.